The standard InChI is InChI=1S/C21H23ClN4O4/c22-16-4-1-2-5-17(16)26-21(29)25-15-9-7-14(8-10-15)19(27)23-11-12-24-20(28)18-6-3-13-30-18/h1-2,4-5,7-10,18H,3,6,11-13H2,(H,23,27)(H,24,28)(H2,25,26,29). The molecule has 1 fully saturated rings. The van der Waals surface area contributed by atoms with Gasteiger partial charge in [-0.15, -0.1) is 0 Å². The second kappa shape index (κ2) is 10.6. The first-order valence-corrected chi connectivity index (χ1v) is 10.0. The van der Waals surface area contributed by atoms with Crippen LogP contribution in [0.2, 0.25) is 5.02 Å². The van der Waals surface area contributed by atoms with Gasteiger partial charge in [0, 0.05) is 30.9 Å². The van der Waals surface area contributed by atoms with Crippen LogP contribution in [0.1, 0.15) is 23.2 Å². The number of benzene rings is 2. The van der Waals surface area contributed by atoms with E-state index in [4.69, 9.17) is 16.3 Å². The van der Waals surface area contributed by atoms with Crippen molar-refractivity contribution in [3.63, 3.8) is 0 Å². The van der Waals surface area contributed by atoms with Crippen LogP contribution in [0.3, 0.4) is 0 Å². The number of nitrogens with one attached hydrogen (secondary N) is 4. The van der Waals surface area contributed by atoms with Crippen molar-refractivity contribution >= 4 is 40.8 Å². The zero-order valence-electron chi connectivity index (χ0n) is 16.2. The minimum absolute atomic E-state index is 0.146. The first kappa shape index (κ1) is 21.6. The van der Waals surface area contributed by atoms with Gasteiger partial charge in [0.1, 0.15) is 6.10 Å². The van der Waals surface area contributed by atoms with Crippen LogP contribution in [0.4, 0.5) is 16.2 Å². The molecule has 158 valence electrons. The molecule has 0 saturated carbocycles. The summed E-state index contributed by atoms with van der Waals surface area (Å²) in [7, 11) is 0. The summed E-state index contributed by atoms with van der Waals surface area (Å²) in [4.78, 5) is 36.1. The molecule has 4 amide bonds. The average molecular weight is 431 g/mol. The summed E-state index contributed by atoms with van der Waals surface area (Å²) >= 11 is 6.01. The van der Waals surface area contributed by atoms with Crippen molar-refractivity contribution in [1.82, 2.24) is 10.6 Å². The smallest absolute Gasteiger partial charge is 0.323 e. The molecule has 3 rings (SSSR count). The fourth-order valence-corrected chi connectivity index (χ4v) is 3.10. The minimum atomic E-state index is -0.442. The molecule has 1 saturated heterocycles. The van der Waals surface area contributed by atoms with Gasteiger partial charge < -0.3 is 26.0 Å². The highest BCUT2D eigenvalue weighted by Gasteiger charge is 2.22. The minimum Gasteiger partial charge on any atom is -0.368 e. The summed E-state index contributed by atoms with van der Waals surface area (Å²) in [5.41, 5.74) is 1.47. The van der Waals surface area contributed by atoms with Crippen molar-refractivity contribution in [2.24, 2.45) is 0 Å². The van der Waals surface area contributed by atoms with Crippen molar-refractivity contribution in [1.29, 1.82) is 0 Å². The zero-order valence-corrected chi connectivity index (χ0v) is 17.0. The monoisotopic (exact) mass is 430 g/mol. The van der Waals surface area contributed by atoms with Gasteiger partial charge in [-0.3, -0.25) is 9.59 Å². The van der Waals surface area contributed by atoms with Gasteiger partial charge in [-0.2, -0.15) is 0 Å². The Morgan fingerprint density at radius 2 is 1.70 bits per heavy atom. The van der Waals surface area contributed by atoms with Gasteiger partial charge in [0.25, 0.3) is 5.91 Å². The number of ether oxygens (including phenoxy) is 1. The maximum atomic E-state index is 12.2. The Morgan fingerprint density at radius 1 is 0.967 bits per heavy atom. The molecule has 0 aromatic heterocycles. The van der Waals surface area contributed by atoms with E-state index in [0.29, 0.717) is 41.7 Å². The third kappa shape index (κ3) is 6.20. The molecule has 0 aliphatic carbocycles. The lowest BCUT2D eigenvalue weighted by Gasteiger charge is -2.11. The molecule has 1 heterocycles. The van der Waals surface area contributed by atoms with Crippen LogP contribution in [0.25, 0.3) is 0 Å². The molecule has 4 N–H and O–H groups in total. The third-order valence-corrected chi connectivity index (χ3v) is 4.79. The van der Waals surface area contributed by atoms with Crippen LogP contribution in [-0.4, -0.2) is 43.6 Å². The SMILES string of the molecule is O=C(Nc1ccc(C(=O)NCCNC(=O)C2CCCO2)cc1)Nc1ccccc1Cl. The topological polar surface area (TPSA) is 109 Å². The van der Waals surface area contributed by atoms with E-state index in [2.05, 4.69) is 21.3 Å². The number of carbonyl (C=O) groups excluding carboxylic acids is 3. The van der Waals surface area contributed by atoms with Crippen LogP contribution in [-0.2, 0) is 9.53 Å². The normalized spacial score (nSPS) is 15.3. The van der Waals surface area contributed by atoms with Gasteiger partial charge in [-0.25, -0.2) is 4.79 Å². The Balaban J connectivity index is 1.40. The fourth-order valence-electron chi connectivity index (χ4n) is 2.91. The van der Waals surface area contributed by atoms with Crippen LogP contribution < -0.4 is 21.3 Å². The fraction of sp³-hybridized carbons (Fsp3) is 0.286. The van der Waals surface area contributed by atoms with E-state index in [9.17, 15) is 14.4 Å². The van der Waals surface area contributed by atoms with E-state index in [1.807, 2.05) is 0 Å². The Hall–Kier alpha value is -3.10. The summed E-state index contributed by atoms with van der Waals surface area (Å²) in [6, 6.07) is 12.9. The number of halogens is 1. The van der Waals surface area contributed by atoms with Crippen molar-refractivity contribution < 1.29 is 19.1 Å². The number of amides is 4. The van der Waals surface area contributed by atoms with Crippen LogP contribution in [0.15, 0.2) is 48.5 Å². The summed E-state index contributed by atoms with van der Waals surface area (Å²) < 4.78 is 5.30. The molecule has 0 bridgehead atoms. The molecule has 1 atom stereocenters. The van der Waals surface area contributed by atoms with Crippen LogP contribution in [0.5, 0.6) is 0 Å². The highest BCUT2D eigenvalue weighted by atomic mass is 35.5. The molecule has 0 radical (unpaired) electrons. The lowest BCUT2D eigenvalue weighted by atomic mass is 10.2. The van der Waals surface area contributed by atoms with Crippen molar-refractivity contribution in [2.45, 2.75) is 18.9 Å². The van der Waals surface area contributed by atoms with Crippen molar-refractivity contribution in [3.8, 4) is 0 Å². The predicted molar refractivity (Wildman–Crippen MR) is 115 cm³/mol. The molecule has 1 aliphatic rings. The number of hydrogen-bond acceptors (Lipinski definition) is 4. The third-order valence-electron chi connectivity index (χ3n) is 4.46. The maximum absolute atomic E-state index is 12.2. The number of para-hydroxylation sites is 1. The van der Waals surface area contributed by atoms with Gasteiger partial charge >= 0.3 is 6.03 Å². The lowest BCUT2D eigenvalue weighted by molar-refractivity contribution is -0.129. The predicted octanol–water partition coefficient (Wildman–Crippen LogP) is 3.01. The molecule has 0 spiro atoms. The number of rotatable bonds is 7. The summed E-state index contributed by atoms with van der Waals surface area (Å²) in [5, 5.41) is 11.2. The van der Waals surface area contributed by atoms with E-state index < -0.39 is 6.03 Å². The Bertz CT molecular complexity index is 898. The summed E-state index contributed by atoms with van der Waals surface area (Å²) in [6.45, 7) is 1.24. The van der Waals surface area contributed by atoms with E-state index in [-0.39, 0.29) is 17.9 Å². The number of urea groups is 1. The van der Waals surface area contributed by atoms with Crippen molar-refractivity contribution in [2.75, 3.05) is 30.3 Å². The van der Waals surface area contributed by atoms with Gasteiger partial charge in [-0.1, -0.05) is 23.7 Å². The molecular weight excluding hydrogens is 408 g/mol. The Kier molecular flexibility index (Phi) is 7.64. The highest BCUT2D eigenvalue weighted by molar-refractivity contribution is 6.33. The highest BCUT2D eigenvalue weighted by Crippen LogP contribution is 2.20. The molecule has 9 heteroatoms. The van der Waals surface area contributed by atoms with E-state index in [1.165, 1.54) is 0 Å². The molecule has 2 aromatic carbocycles. The summed E-state index contributed by atoms with van der Waals surface area (Å²) in [5.74, 6) is -0.416. The van der Waals surface area contributed by atoms with E-state index >= 15 is 0 Å². The van der Waals surface area contributed by atoms with Gasteiger partial charge in [0.15, 0.2) is 0 Å². The first-order valence-electron chi connectivity index (χ1n) is 9.63. The Labute approximate surface area is 179 Å². The van der Waals surface area contributed by atoms with E-state index in [1.54, 1.807) is 48.5 Å². The molecule has 2 aromatic rings. The van der Waals surface area contributed by atoms with E-state index in [0.717, 1.165) is 12.8 Å². The Morgan fingerprint density at radius 3 is 2.40 bits per heavy atom. The zero-order chi connectivity index (χ0) is 21.3. The molecule has 30 heavy (non-hydrogen) atoms. The van der Waals surface area contributed by atoms with Crippen molar-refractivity contribution in [3.05, 3.63) is 59.1 Å². The maximum Gasteiger partial charge on any atom is 0.323 e. The molecule has 1 aliphatic heterocycles. The number of hydrogen-bond donors (Lipinski definition) is 4. The van der Waals surface area contributed by atoms with Crippen LogP contribution >= 0.6 is 11.6 Å². The molecular formula is C21H23ClN4O4. The molecule has 1 unspecified atom stereocenters. The second-order valence-corrected chi connectivity index (χ2v) is 7.09. The first-order chi connectivity index (χ1) is 14.5. The number of anilines is 2. The number of carbonyl (C=O) groups is 3. The van der Waals surface area contributed by atoms with Gasteiger partial charge in [0.2, 0.25) is 5.91 Å². The second-order valence-electron chi connectivity index (χ2n) is 6.68. The lowest BCUT2D eigenvalue weighted by Crippen LogP contribution is -2.39. The molecule has 8 nitrogen and oxygen atoms in total. The van der Waals surface area contributed by atoms with Crippen LogP contribution in [0, 0.1) is 0 Å². The van der Waals surface area contributed by atoms with Gasteiger partial charge in [0.05, 0.1) is 10.7 Å². The average Bonchev–Trinajstić information content (AvgIpc) is 3.28. The quantitative estimate of drug-likeness (QED) is 0.506. The summed E-state index contributed by atoms with van der Waals surface area (Å²) in [6.07, 6.45) is 1.24. The largest absolute Gasteiger partial charge is 0.368 e. The van der Waals surface area contributed by atoms with Gasteiger partial charge in [-0.05, 0) is 49.2 Å².